The molecule has 0 unspecified atom stereocenters. The molecule has 1 aliphatic rings. The number of likely N-dealkylation sites (tertiary alicyclic amines) is 1. The van der Waals surface area contributed by atoms with Gasteiger partial charge in [-0.05, 0) is 49.2 Å². The van der Waals surface area contributed by atoms with Gasteiger partial charge < -0.3 is 10.5 Å². The van der Waals surface area contributed by atoms with E-state index in [0.29, 0.717) is 0 Å². The summed E-state index contributed by atoms with van der Waals surface area (Å²) in [5.74, 6) is 0.915. The standard InChI is InChI=1S/C20H26N2O/c1-23-19-9-7-17(8-10-19)15-22-13-11-20(16-21,12-14-22)18-5-3-2-4-6-18/h2-10H,11-16,21H2,1H3. The van der Waals surface area contributed by atoms with Crippen molar-refractivity contribution in [1.29, 1.82) is 0 Å². The second-order valence-electron chi connectivity index (χ2n) is 6.47. The predicted octanol–water partition coefficient (Wildman–Crippen LogP) is 3.19. The van der Waals surface area contributed by atoms with Crippen molar-refractivity contribution in [3.8, 4) is 5.75 Å². The highest BCUT2D eigenvalue weighted by Gasteiger charge is 2.34. The number of piperidine rings is 1. The maximum Gasteiger partial charge on any atom is 0.118 e. The van der Waals surface area contributed by atoms with Crippen LogP contribution in [0.25, 0.3) is 0 Å². The zero-order chi connectivity index (χ0) is 16.1. The number of nitrogens with two attached hydrogens (primary N) is 1. The molecular weight excluding hydrogens is 284 g/mol. The average molecular weight is 310 g/mol. The summed E-state index contributed by atoms with van der Waals surface area (Å²) in [6, 6.07) is 19.2. The van der Waals surface area contributed by atoms with Crippen molar-refractivity contribution in [1.82, 2.24) is 4.90 Å². The van der Waals surface area contributed by atoms with Crippen molar-refractivity contribution < 1.29 is 4.74 Å². The lowest BCUT2D eigenvalue weighted by atomic mass is 9.73. The first-order chi connectivity index (χ1) is 11.3. The summed E-state index contributed by atoms with van der Waals surface area (Å²) >= 11 is 0. The molecule has 0 atom stereocenters. The zero-order valence-electron chi connectivity index (χ0n) is 13.9. The van der Waals surface area contributed by atoms with Crippen LogP contribution in [0.2, 0.25) is 0 Å². The quantitative estimate of drug-likeness (QED) is 0.922. The predicted molar refractivity (Wildman–Crippen MR) is 94.7 cm³/mol. The van der Waals surface area contributed by atoms with Crippen molar-refractivity contribution in [2.45, 2.75) is 24.8 Å². The molecule has 1 aliphatic heterocycles. The Balaban J connectivity index is 1.63. The Morgan fingerprint density at radius 2 is 1.65 bits per heavy atom. The van der Waals surface area contributed by atoms with Gasteiger partial charge in [-0.1, -0.05) is 42.5 Å². The summed E-state index contributed by atoms with van der Waals surface area (Å²) in [5.41, 5.74) is 9.05. The van der Waals surface area contributed by atoms with Crippen molar-refractivity contribution in [3.63, 3.8) is 0 Å². The van der Waals surface area contributed by atoms with Crippen LogP contribution in [0.4, 0.5) is 0 Å². The Morgan fingerprint density at radius 3 is 2.22 bits per heavy atom. The Morgan fingerprint density at radius 1 is 1.00 bits per heavy atom. The minimum Gasteiger partial charge on any atom is -0.497 e. The van der Waals surface area contributed by atoms with Crippen molar-refractivity contribution >= 4 is 0 Å². The summed E-state index contributed by atoms with van der Waals surface area (Å²) in [6.45, 7) is 3.92. The lowest BCUT2D eigenvalue weighted by molar-refractivity contribution is 0.156. The fraction of sp³-hybridized carbons (Fsp3) is 0.400. The van der Waals surface area contributed by atoms with E-state index in [4.69, 9.17) is 10.5 Å². The van der Waals surface area contributed by atoms with E-state index in [-0.39, 0.29) is 5.41 Å². The van der Waals surface area contributed by atoms with Crippen LogP contribution in [0.3, 0.4) is 0 Å². The normalized spacial score (nSPS) is 17.8. The maximum atomic E-state index is 6.17. The number of methoxy groups -OCH3 is 1. The minimum atomic E-state index is 0.150. The maximum absolute atomic E-state index is 6.17. The molecule has 0 bridgehead atoms. The first kappa shape index (κ1) is 16.0. The molecule has 1 heterocycles. The molecule has 0 amide bonds. The van der Waals surface area contributed by atoms with Gasteiger partial charge in [-0.25, -0.2) is 0 Å². The number of nitrogens with zero attached hydrogens (tertiary/aromatic N) is 1. The van der Waals surface area contributed by atoms with Crippen molar-refractivity contribution in [3.05, 3.63) is 65.7 Å². The molecule has 2 aromatic carbocycles. The van der Waals surface area contributed by atoms with Gasteiger partial charge in [0.15, 0.2) is 0 Å². The largest absolute Gasteiger partial charge is 0.497 e. The lowest BCUT2D eigenvalue weighted by Gasteiger charge is -2.41. The van der Waals surface area contributed by atoms with Crippen LogP contribution in [0, 0.1) is 0 Å². The van der Waals surface area contributed by atoms with Crippen LogP contribution in [-0.2, 0) is 12.0 Å². The third kappa shape index (κ3) is 3.57. The fourth-order valence-electron chi connectivity index (χ4n) is 3.53. The topological polar surface area (TPSA) is 38.5 Å². The Bertz CT molecular complexity index is 601. The molecule has 0 spiro atoms. The molecule has 2 aromatic rings. The molecule has 0 aromatic heterocycles. The van der Waals surface area contributed by atoms with Gasteiger partial charge in [-0.3, -0.25) is 4.90 Å². The van der Waals surface area contributed by atoms with E-state index < -0.39 is 0 Å². The van der Waals surface area contributed by atoms with Gasteiger partial charge in [-0.15, -0.1) is 0 Å². The van der Waals surface area contributed by atoms with Crippen LogP contribution >= 0.6 is 0 Å². The monoisotopic (exact) mass is 310 g/mol. The molecule has 0 aliphatic carbocycles. The third-order valence-electron chi connectivity index (χ3n) is 5.16. The van der Waals surface area contributed by atoms with Gasteiger partial charge in [0, 0.05) is 18.5 Å². The number of hydrogen-bond acceptors (Lipinski definition) is 3. The van der Waals surface area contributed by atoms with Crippen LogP contribution in [-0.4, -0.2) is 31.6 Å². The SMILES string of the molecule is COc1ccc(CN2CCC(CN)(c3ccccc3)CC2)cc1. The van der Waals surface area contributed by atoms with Crippen LogP contribution in [0.1, 0.15) is 24.0 Å². The Labute approximate surface area is 139 Å². The van der Waals surface area contributed by atoms with Gasteiger partial charge in [-0.2, -0.15) is 0 Å². The summed E-state index contributed by atoms with van der Waals surface area (Å²) < 4.78 is 5.22. The van der Waals surface area contributed by atoms with E-state index in [0.717, 1.165) is 44.8 Å². The summed E-state index contributed by atoms with van der Waals surface area (Å²) in [6.07, 6.45) is 2.26. The van der Waals surface area contributed by atoms with E-state index in [2.05, 4.69) is 47.4 Å². The van der Waals surface area contributed by atoms with E-state index in [9.17, 15) is 0 Å². The number of rotatable bonds is 5. The highest BCUT2D eigenvalue weighted by atomic mass is 16.5. The third-order valence-corrected chi connectivity index (χ3v) is 5.16. The summed E-state index contributed by atoms with van der Waals surface area (Å²) in [4.78, 5) is 2.53. The van der Waals surface area contributed by atoms with Crippen molar-refractivity contribution in [2.75, 3.05) is 26.7 Å². The first-order valence-corrected chi connectivity index (χ1v) is 8.37. The van der Waals surface area contributed by atoms with Crippen LogP contribution in [0.15, 0.2) is 54.6 Å². The van der Waals surface area contributed by atoms with Gasteiger partial charge in [0.05, 0.1) is 7.11 Å². The lowest BCUT2D eigenvalue weighted by Crippen LogP contribution is -2.46. The van der Waals surface area contributed by atoms with E-state index in [1.807, 2.05) is 12.1 Å². The summed E-state index contributed by atoms with van der Waals surface area (Å²) in [7, 11) is 1.70. The highest BCUT2D eigenvalue weighted by Crippen LogP contribution is 2.35. The summed E-state index contributed by atoms with van der Waals surface area (Å²) in [5, 5.41) is 0. The molecule has 3 rings (SSSR count). The second-order valence-corrected chi connectivity index (χ2v) is 6.47. The molecule has 0 radical (unpaired) electrons. The van der Waals surface area contributed by atoms with E-state index in [1.54, 1.807) is 7.11 Å². The van der Waals surface area contributed by atoms with Crippen LogP contribution < -0.4 is 10.5 Å². The molecule has 3 nitrogen and oxygen atoms in total. The molecule has 0 saturated carbocycles. The Hall–Kier alpha value is -1.84. The van der Waals surface area contributed by atoms with E-state index in [1.165, 1.54) is 11.1 Å². The highest BCUT2D eigenvalue weighted by molar-refractivity contribution is 5.28. The van der Waals surface area contributed by atoms with Gasteiger partial charge in [0.1, 0.15) is 5.75 Å². The smallest absolute Gasteiger partial charge is 0.118 e. The number of benzene rings is 2. The average Bonchev–Trinajstić information content (AvgIpc) is 2.64. The molecule has 1 fully saturated rings. The van der Waals surface area contributed by atoms with Gasteiger partial charge >= 0.3 is 0 Å². The number of ether oxygens (including phenoxy) is 1. The Kier molecular flexibility index (Phi) is 4.99. The fourth-order valence-corrected chi connectivity index (χ4v) is 3.53. The minimum absolute atomic E-state index is 0.150. The molecular formula is C20H26N2O. The molecule has 23 heavy (non-hydrogen) atoms. The van der Waals surface area contributed by atoms with Gasteiger partial charge in [0.25, 0.3) is 0 Å². The first-order valence-electron chi connectivity index (χ1n) is 8.37. The van der Waals surface area contributed by atoms with Gasteiger partial charge in [0.2, 0.25) is 0 Å². The van der Waals surface area contributed by atoms with E-state index >= 15 is 0 Å². The molecule has 1 saturated heterocycles. The number of hydrogen-bond donors (Lipinski definition) is 1. The molecule has 122 valence electrons. The van der Waals surface area contributed by atoms with Crippen LogP contribution in [0.5, 0.6) is 5.75 Å². The van der Waals surface area contributed by atoms with Crippen molar-refractivity contribution in [2.24, 2.45) is 5.73 Å². The zero-order valence-corrected chi connectivity index (χ0v) is 13.9. The second kappa shape index (κ2) is 7.16. The molecule has 3 heteroatoms. The molecule has 2 N–H and O–H groups in total.